The van der Waals surface area contributed by atoms with Gasteiger partial charge >= 0.3 is 21.7 Å². The minimum absolute atomic E-state index is 0. The van der Waals surface area contributed by atoms with Crippen molar-refractivity contribution >= 4 is 35.3 Å². The van der Waals surface area contributed by atoms with Crippen molar-refractivity contribution in [1.29, 1.82) is 0 Å². The minimum Gasteiger partial charge on any atom is -0.549 e. The maximum atomic E-state index is 10.4. The average Bonchev–Trinajstić information content (AvgIpc) is 2.62. The standard InChI is InChI=1S/3C6H10O3.C4H10O.Ti/c3*1-3-5(4(2)7)6(8)9;1-4(2)3-5;/h3*5H,3H2,1-2H3,(H,8,9);4-5H,3H2,1-2H3;/q;;;;+3/p-3. The average molecular weight is 509 g/mol. The number of hydrogen-bond donors (Lipinski definition) is 1. The first kappa shape index (κ1) is 41.4. The van der Waals surface area contributed by atoms with Crippen molar-refractivity contribution in [1.82, 2.24) is 0 Å². The third-order valence-electron chi connectivity index (χ3n) is 3.92. The molecule has 0 aliphatic heterocycles. The number of rotatable bonds is 10. The third-order valence-corrected chi connectivity index (χ3v) is 3.92. The van der Waals surface area contributed by atoms with E-state index in [-0.39, 0.29) is 39.1 Å². The molecule has 3 unspecified atom stereocenters. The Morgan fingerprint density at radius 3 is 0.758 bits per heavy atom. The van der Waals surface area contributed by atoms with Crippen LogP contribution in [0.3, 0.4) is 0 Å². The second-order valence-corrected chi connectivity index (χ2v) is 7.25. The number of aliphatic carboxylic acids is 3. The van der Waals surface area contributed by atoms with E-state index in [2.05, 4.69) is 0 Å². The maximum absolute atomic E-state index is 10.4. The van der Waals surface area contributed by atoms with Crippen LogP contribution in [0.4, 0.5) is 0 Å². The fourth-order valence-electron chi connectivity index (χ4n) is 1.86. The van der Waals surface area contributed by atoms with Crippen LogP contribution in [0.2, 0.25) is 0 Å². The van der Waals surface area contributed by atoms with Crippen molar-refractivity contribution in [3.05, 3.63) is 0 Å². The molecule has 0 amide bonds. The zero-order valence-electron chi connectivity index (χ0n) is 20.8. The van der Waals surface area contributed by atoms with Gasteiger partial charge in [0.25, 0.3) is 0 Å². The fourth-order valence-corrected chi connectivity index (χ4v) is 1.86. The van der Waals surface area contributed by atoms with Gasteiger partial charge in [0, 0.05) is 6.61 Å². The molecule has 0 aromatic carbocycles. The zero-order chi connectivity index (χ0) is 26.6. The van der Waals surface area contributed by atoms with Gasteiger partial charge in [-0.15, -0.1) is 0 Å². The molecule has 0 rings (SSSR count). The van der Waals surface area contributed by atoms with Gasteiger partial charge in [-0.2, -0.15) is 0 Å². The van der Waals surface area contributed by atoms with E-state index in [0.717, 1.165) is 0 Å². The Kier molecular flexibility index (Phi) is 31.0. The molecule has 0 bridgehead atoms. The van der Waals surface area contributed by atoms with Gasteiger partial charge in [-0.25, -0.2) is 0 Å². The largest absolute Gasteiger partial charge is 3.00 e. The summed E-state index contributed by atoms with van der Waals surface area (Å²) < 4.78 is 0. The Morgan fingerprint density at radius 2 is 0.758 bits per heavy atom. The van der Waals surface area contributed by atoms with Crippen molar-refractivity contribution in [3.63, 3.8) is 0 Å². The molecule has 0 heterocycles. The van der Waals surface area contributed by atoms with E-state index in [1.807, 2.05) is 13.8 Å². The van der Waals surface area contributed by atoms with Gasteiger partial charge < -0.3 is 34.8 Å². The van der Waals surface area contributed by atoms with Crippen molar-refractivity contribution < 1.29 is 70.9 Å². The van der Waals surface area contributed by atoms with Crippen LogP contribution in [-0.4, -0.2) is 47.0 Å². The van der Waals surface area contributed by atoms with Crippen LogP contribution in [0, 0.1) is 23.7 Å². The molecule has 0 spiro atoms. The Hall–Kier alpha value is -1.91. The van der Waals surface area contributed by atoms with Crippen molar-refractivity contribution in [3.8, 4) is 0 Å². The van der Waals surface area contributed by atoms with Gasteiger partial charge in [0.05, 0.1) is 35.7 Å². The van der Waals surface area contributed by atoms with Crippen LogP contribution in [0.1, 0.15) is 74.7 Å². The van der Waals surface area contributed by atoms with E-state index in [0.29, 0.717) is 31.8 Å². The molecule has 3 atom stereocenters. The molecule has 10 nitrogen and oxygen atoms in total. The normalized spacial score (nSPS) is 11.8. The summed E-state index contributed by atoms with van der Waals surface area (Å²) in [6, 6.07) is 0. The van der Waals surface area contributed by atoms with Gasteiger partial charge in [0.15, 0.2) is 0 Å². The Labute approximate surface area is 211 Å². The van der Waals surface area contributed by atoms with E-state index in [1.165, 1.54) is 20.8 Å². The quantitative estimate of drug-likeness (QED) is 0.273. The van der Waals surface area contributed by atoms with Gasteiger partial charge in [-0.1, -0.05) is 34.6 Å². The summed E-state index contributed by atoms with van der Waals surface area (Å²) in [4.78, 5) is 61.3. The van der Waals surface area contributed by atoms with E-state index in [1.54, 1.807) is 20.8 Å². The molecule has 0 aromatic heterocycles. The molecular formula is C22H37O10Ti. The van der Waals surface area contributed by atoms with Crippen LogP contribution in [0.5, 0.6) is 0 Å². The number of aliphatic hydroxyl groups is 1. The Balaban J connectivity index is -0.000000107. The predicted molar refractivity (Wildman–Crippen MR) is 110 cm³/mol. The van der Waals surface area contributed by atoms with Crippen LogP contribution in [0.25, 0.3) is 0 Å². The van der Waals surface area contributed by atoms with Crippen LogP contribution >= 0.6 is 0 Å². The molecule has 189 valence electrons. The van der Waals surface area contributed by atoms with E-state index >= 15 is 0 Å². The maximum Gasteiger partial charge on any atom is 3.00 e. The molecule has 0 aliphatic rings. The summed E-state index contributed by atoms with van der Waals surface area (Å²) in [5.74, 6) is -7.12. The first-order valence-electron chi connectivity index (χ1n) is 10.3. The SMILES string of the molecule is CC(C)CO.CCC(C(C)=O)C(=O)[O-].CCC(C(C)=O)C(=O)[O-].CCC(C(C)=O)C(=O)[O-].[Ti+3]. The fraction of sp³-hybridized carbons (Fsp3) is 0.727. The molecule has 33 heavy (non-hydrogen) atoms. The first-order chi connectivity index (χ1) is 14.5. The van der Waals surface area contributed by atoms with Crippen LogP contribution in [0.15, 0.2) is 0 Å². The van der Waals surface area contributed by atoms with E-state index in [4.69, 9.17) is 5.11 Å². The van der Waals surface area contributed by atoms with Gasteiger partial charge in [0.2, 0.25) is 0 Å². The summed E-state index contributed by atoms with van der Waals surface area (Å²) in [5.41, 5.74) is 0. The molecule has 0 aromatic rings. The summed E-state index contributed by atoms with van der Waals surface area (Å²) >= 11 is 0. The molecular weight excluding hydrogens is 472 g/mol. The molecule has 0 saturated carbocycles. The monoisotopic (exact) mass is 509 g/mol. The zero-order valence-corrected chi connectivity index (χ0v) is 22.3. The number of carbonyl (C=O) groups is 6. The second-order valence-electron chi connectivity index (χ2n) is 7.25. The first-order valence-corrected chi connectivity index (χ1v) is 10.3. The summed E-state index contributed by atoms with van der Waals surface area (Å²) in [6.07, 6.45) is 0.951. The topological polar surface area (TPSA) is 192 Å². The summed E-state index contributed by atoms with van der Waals surface area (Å²) in [6.45, 7) is 12.9. The van der Waals surface area contributed by atoms with Crippen LogP contribution < -0.4 is 15.3 Å². The number of hydrogen-bond acceptors (Lipinski definition) is 10. The number of aliphatic hydroxyl groups excluding tert-OH is 1. The van der Waals surface area contributed by atoms with Gasteiger partial charge in [-0.3, -0.25) is 14.4 Å². The number of carbonyl (C=O) groups excluding carboxylic acids is 6. The number of carboxylic acid groups (broad SMARTS) is 3. The molecule has 11 heteroatoms. The Morgan fingerprint density at radius 1 is 0.606 bits per heavy atom. The molecule has 0 fully saturated rings. The molecule has 0 saturated heterocycles. The molecule has 1 radical (unpaired) electrons. The van der Waals surface area contributed by atoms with Crippen molar-refractivity contribution in [2.45, 2.75) is 74.7 Å². The third kappa shape index (κ3) is 26.2. The van der Waals surface area contributed by atoms with Gasteiger partial charge in [-0.05, 0) is 46.0 Å². The van der Waals surface area contributed by atoms with Crippen molar-refractivity contribution in [2.24, 2.45) is 23.7 Å². The predicted octanol–water partition coefficient (Wildman–Crippen LogP) is -1.31. The van der Waals surface area contributed by atoms with Crippen LogP contribution in [-0.2, 0) is 50.5 Å². The smallest absolute Gasteiger partial charge is 0.549 e. The van der Waals surface area contributed by atoms with Gasteiger partial charge in [0.1, 0.15) is 17.3 Å². The molecule has 0 aliphatic carbocycles. The summed E-state index contributed by atoms with van der Waals surface area (Å²) in [7, 11) is 0. The number of ketones is 3. The summed E-state index contributed by atoms with van der Waals surface area (Å²) in [5, 5.41) is 38.3. The van der Waals surface area contributed by atoms with E-state index < -0.39 is 35.7 Å². The second kappa shape index (κ2) is 24.7. The minimum atomic E-state index is -1.27. The Bertz CT molecular complexity index is 484. The number of carboxylic acids is 3. The van der Waals surface area contributed by atoms with Crippen molar-refractivity contribution in [2.75, 3.05) is 6.61 Å². The number of Topliss-reactive ketones (excluding diaryl/α,β-unsaturated/α-hetero) is 3. The molecule has 1 N–H and O–H groups in total. The van der Waals surface area contributed by atoms with E-state index in [9.17, 15) is 44.1 Å².